The average Bonchev–Trinajstić information content (AvgIpc) is 2.68. The third-order valence-corrected chi connectivity index (χ3v) is 4.84. The second kappa shape index (κ2) is 8.22. The lowest BCUT2D eigenvalue weighted by Crippen LogP contribution is -2.44. The van der Waals surface area contributed by atoms with Crippen LogP contribution < -0.4 is 10.1 Å². The van der Waals surface area contributed by atoms with Crippen LogP contribution in [0.1, 0.15) is 24.0 Å². The van der Waals surface area contributed by atoms with E-state index in [4.69, 9.17) is 14.6 Å². The number of amides is 1. The number of carbonyl (C=O) groups is 2. The molecule has 0 aliphatic carbocycles. The fourth-order valence-electron chi connectivity index (χ4n) is 3.30. The van der Waals surface area contributed by atoms with E-state index in [1.165, 1.54) is 0 Å². The van der Waals surface area contributed by atoms with E-state index < -0.39 is 18.0 Å². The highest BCUT2D eigenvalue weighted by atomic mass is 16.5. The van der Waals surface area contributed by atoms with Crippen molar-refractivity contribution in [2.45, 2.75) is 25.2 Å². The Morgan fingerprint density at radius 3 is 2.52 bits per heavy atom. The molecular weight excluding hydrogens is 346 g/mol. The van der Waals surface area contributed by atoms with Gasteiger partial charge in [-0.25, -0.2) is 4.79 Å². The fourth-order valence-corrected chi connectivity index (χ4v) is 3.30. The number of ether oxygens (including phenoxy) is 2. The zero-order valence-corrected chi connectivity index (χ0v) is 15.2. The van der Waals surface area contributed by atoms with Gasteiger partial charge in [0, 0.05) is 25.0 Å². The Morgan fingerprint density at radius 1 is 1.15 bits per heavy atom. The Bertz CT molecular complexity index is 810. The number of anilines is 1. The number of carboxylic acids is 1. The van der Waals surface area contributed by atoms with Crippen molar-refractivity contribution in [2.24, 2.45) is 0 Å². The first-order chi connectivity index (χ1) is 13.0. The minimum atomic E-state index is -1.05. The number of carboxylic acid groups (broad SMARTS) is 1. The summed E-state index contributed by atoms with van der Waals surface area (Å²) in [7, 11) is 0. The van der Waals surface area contributed by atoms with Gasteiger partial charge in [-0.3, -0.25) is 4.79 Å². The molecule has 0 saturated carbocycles. The summed E-state index contributed by atoms with van der Waals surface area (Å²) in [5.41, 5.74) is 2.04. The molecule has 1 amide bonds. The zero-order chi connectivity index (χ0) is 19.3. The zero-order valence-electron chi connectivity index (χ0n) is 15.2. The van der Waals surface area contributed by atoms with Gasteiger partial charge in [0.25, 0.3) is 0 Å². The van der Waals surface area contributed by atoms with Crippen molar-refractivity contribution in [2.75, 3.05) is 25.1 Å². The molecule has 2 N–H and O–H groups in total. The Kier molecular flexibility index (Phi) is 5.76. The van der Waals surface area contributed by atoms with E-state index in [0.717, 1.165) is 11.1 Å². The normalized spacial score (nSPS) is 15.7. The number of hydrogen-bond acceptors (Lipinski definition) is 4. The molecule has 6 nitrogen and oxygen atoms in total. The maximum Gasteiger partial charge on any atom is 0.341 e. The summed E-state index contributed by atoms with van der Waals surface area (Å²) < 4.78 is 10.7. The highest BCUT2D eigenvalue weighted by Gasteiger charge is 2.41. The van der Waals surface area contributed by atoms with Gasteiger partial charge in [0.15, 0.2) is 6.61 Å². The van der Waals surface area contributed by atoms with Gasteiger partial charge >= 0.3 is 5.97 Å². The van der Waals surface area contributed by atoms with Crippen molar-refractivity contribution in [1.82, 2.24) is 0 Å². The number of hydrogen-bond donors (Lipinski definition) is 2. The monoisotopic (exact) mass is 369 g/mol. The first kappa shape index (κ1) is 18.9. The highest BCUT2D eigenvalue weighted by molar-refractivity contribution is 5.99. The smallest absolute Gasteiger partial charge is 0.341 e. The predicted molar refractivity (Wildman–Crippen MR) is 101 cm³/mol. The number of aliphatic carboxylic acids is 1. The largest absolute Gasteiger partial charge is 0.482 e. The van der Waals surface area contributed by atoms with E-state index in [9.17, 15) is 9.59 Å². The molecule has 1 aliphatic rings. The molecule has 6 heteroatoms. The molecule has 0 aromatic heterocycles. The van der Waals surface area contributed by atoms with Crippen molar-refractivity contribution in [3.8, 4) is 5.75 Å². The summed E-state index contributed by atoms with van der Waals surface area (Å²) in [6.45, 7) is 2.65. The fraction of sp³-hybridized carbons (Fsp3) is 0.333. The molecular formula is C21H23NO5. The van der Waals surface area contributed by atoms with Gasteiger partial charge < -0.3 is 19.9 Å². The topological polar surface area (TPSA) is 84.9 Å². The molecule has 27 heavy (non-hydrogen) atoms. The molecule has 2 aromatic rings. The first-order valence-electron chi connectivity index (χ1n) is 8.91. The molecule has 1 fully saturated rings. The van der Waals surface area contributed by atoms with Crippen LogP contribution in [0.4, 0.5) is 5.69 Å². The molecule has 142 valence electrons. The van der Waals surface area contributed by atoms with Crippen LogP contribution in [0, 0.1) is 6.92 Å². The van der Waals surface area contributed by atoms with E-state index in [1.807, 2.05) is 31.2 Å². The summed E-state index contributed by atoms with van der Waals surface area (Å²) in [5, 5.41) is 11.7. The summed E-state index contributed by atoms with van der Waals surface area (Å²) >= 11 is 0. The molecule has 0 bridgehead atoms. The number of carbonyl (C=O) groups excluding carboxylic acids is 1. The van der Waals surface area contributed by atoms with Gasteiger partial charge in [0.2, 0.25) is 5.91 Å². The van der Waals surface area contributed by atoms with Crippen LogP contribution in [-0.2, 0) is 19.7 Å². The van der Waals surface area contributed by atoms with E-state index in [2.05, 4.69) is 5.32 Å². The van der Waals surface area contributed by atoms with Gasteiger partial charge in [0.05, 0.1) is 5.41 Å². The van der Waals surface area contributed by atoms with Gasteiger partial charge in [-0.05, 0) is 37.5 Å². The second-order valence-corrected chi connectivity index (χ2v) is 6.72. The maximum absolute atomic E-state index is 13.3. The van der Waals surface area contributed by atoms with Crippen molar-refractivity contribution in [3.05, 3.63) is 59.7 Å². The van der Waals surface area contributed by atoms with Gasteiger partial charge in [-0.1, -0.05) is 35.9 Å². The molecule has 2 aromatic carbocycles. The minimum absolute atomic E-state index is 0.0926. The van der Waals surface area contributed by atoms with E-state index in [0.29, 0.717) is 37.5 Å². The van der Waals surface area contributed by atoms with Crippen LogP contribution in [0.15, 0.2) is 48.5 Å². The average molecular weight is 369 g/mol. The number of nitrogens with one attached hydrogen (secondary N) is 1. The van der Waals surface area contributed by atoms with Crippen molar-refractivity contribution in [1.29, 1.82) is 0 Å². The van der Waals surface area contributed by atoms with Crippen LogP contribution in [0.5, 0.6) is 5.75 Å². The Morgan fingerprint density at radius 2 is 1.85 bits per heavy atom. The Hall–Kier alpha value is -2.86. The van der Waals surface area contributed by atoms with Gasteiger partial charge in [-0.15, -0.1) is 0 Å². The number of rotatable bonds is 6. The third-order valence-electron chi connectivity index (χ3n) is 4.84. The summed E-state index contributed by atoms with van der Waals surface area (Å²) in [6, 6.07) is 14.8. The van der Waals surface area contributed by atoms with Crippen LogP contribution in [0.25, 0.3) is 0 Å². The van der Waals surface area contributed by atoms with Gasteiger partial charge in [0.1, 0.15) is 5.75 Å². The minimum Gasteiger partial charge on any atom is -0.482 e. The molecule has 1 aliphatic heterocycles. The summed E-state index contributed by atoms with van der Waals surface area (Å²) in [4.78, 5) is 23.9. The van der Waals surface area contributed by atoms with Crippen molar-refractivity contribution < 1.29 is 24.2 Å². The number of aryl methyl sites for hydroxylation is 1. The maximum atomic E-state index is 13.3. The molecule has 1 heterocycles. The third kappa shape index (κ3) is 4.46. The molecule has 0 radical (unpaired) electrons. The lowest BCUT2D eigenvalue weighted by molar-refractivity contribution is -0.139. The first-order valence-corrected chi connectivity index (χ1v) is 8.91. The van der Waals surface area contributed by atoms with Crippen molar-refractivity contribution in [3.63, 3.8) is 0 Å². The predicted octanol–water partition coefficient (Wildman–Crippen LogP) is 3.15. The van der Waals surface area contributed by atoms with Crippen LogP contribution >= 0.6 is 0 Å². The summed E-state index contributed by atoms with van der Waals surface area (Å²) in [5.74, 6) is -0.749. The lowest BCUT2D eigenvalue weighted by atomic mass is 9.73. The van der Waals surface area contributed by atoms with Crippen molar-refractivity contribution >= 4 is 17.6 Å². The molecule has 3 rings (SSSR count). The molecule has 0 spiro atoms. The van der Waals surface area contributed by atoms with Crippen LogP contribution in [-0.4, -0.2) is 36.8 Å². The Labute approximate surface area is 158 Å². The lowest BCUT2D eigenvalue weighted by Gasteiger charge is -2.36. The highest BCUT2D eigenvalue weighted by Crippen LogP contribution is 2.36. The SMILES string of the molecule is Cc1ccc(C2(C(=O)Nc3cccc(OCC(=O)O)c3)CCOCC2)cc1. The Balaban J connectivity index is 1.82. The number of benzene rings is 2. The quantitative estimate of drug-likeness (QED) is 0.817. The summed E-state index contributed by atoms with van der Waals surface area (Å²) in [6.07, 6.45) is 1.22. The molecule has 1 saturated heterocycles. The molecule has 0 atom stereocenters. The van der Waals surface area contributed by atoms with E-state index in [-0.39, 0.29) is 5.91 Å². The van der Waals surface area contributed by atoms with E-state index in [1.54, 1.807) is 24.3 Å². The molecule has 0 unspecified atom stereocenters. The van der Waals surface area contributed by atoms with Crippen LogP contribution in [0.3, 0.4) is 0 Å². The standard InChI is InChI=1S/C21H23NO5/c1-15-5-7-16(8-6-15)21(9-11-26-12-10-21)20(25)22-17-3-2-4-18(13-17)27-14-19(23)24/h2-8,13H,9-12,14H2,1H3,(H,22,25)(H,23,24). The second-order valence-electron chi connectivity index (χ2n) is 6.72. The van der Waals surface area contributed by atoms with Gasteiger partial charge in [-0.2, -0.15) is 0 Å². The van der Waals surface area contributed by atoms with Crippen LogP contribution in [0.2, 0.25) is 0 Å². The van der Waals surface area contributed by atoms with E-state index >= 15 is 0 Å².